The molecule has 23 heavy (non-hydrogen) atoms. The molecule has 1 amide bonds. The quantitative estimate of drug-likeness (QED) is 0.761. The van der Waals surface area contributed by atoms with Gasteiger partial charge in [-0.15, -0.1) is 0 Å². The van der Waals surface area contributed by atoms with Crippen molar-refractivity contribution in [1.82, 2.24) is 4.98 Å². The number of carbonyl (C=O) groups excluding carboxylic acids is 1. The number of anilines is 2. The number of thiazole rings is 1. The second-order valence-corrected chi connectivity index (χ2v) is 6.83. The van der Waals surface area contributed by atoms with Crippen LogP contribution in [0.25, 0.3) is 10.2 Å². The Kier molecular flexibility index (Phi) is 4.30. The van der Waals surface area contributed by atoms with Crippen molar-refractivity contribution in [3.63, 3.8) is 0 Å². The van der Waals surface area contributed by atoms with Crippen LogP contribution in [-0.4, -0.2) is 10.9 Å². The van der Waals surface area contributed by atoms with E-state index in [0.29, 0.717) is 5.13 Å². The van der Waals surface area contributed by atoms with E-state index >= 15 is 0 Å². The fourth-order valence-corrected chi connectivity index (χ4v) is 3.46. The van der Waals surface area contributed by atoms with Crippen molar-refractivity contribution in [3.8, 4) is 0 Å². The lowest BCUT2D eigenvalue weighted by atomic mass is 10.0. The molecule has 1 unspecified atom stereocenters. The number of hydrogen-bond donors (Lipinski definition) is 2. The molecule has 1 aromatic heterocycles. The van der Waals surface area contributed by atoms with E-state index in [1.165, 1.54) is 11.3 Å². The predicted octanol–water partition coefficient (Wildman–Crippen LogP) is 4.00. The molecule has 4 nitrogen and oxygen atoms in total. The molecule has 0 spiro atoms. The summed E-state index contributed by atoms with van der Waals surface area (Å²) in [5, 5.41) is 3.55. The molecule has 118 valence electrons. The second kappa shape index (κ2) is 6.38. The summed E-state index contributed by atoms with van der Waals surface area (Å²) in [6, 6.07) is 13.9. The van der Waals surface area contributed by atoms with Gasteiger partial charge in [-0.2, -0.15) is 0 Å². The Balaban J connectivity index is 1.74. The van der Waals surface area contributed by atoms with Gasteiger partial charge in [-0.25, -0.2) is 4.98 Å². The number of carbonyl (C=O) groups is 1. The summed E-state index contributed by atoms with van der Waals surface area (Å²) in [5.41, 5.74) is 9.64. The zero-order valence-corrected chi connectivity index (χ0v) is 14.0. The number of nitrogen functional groups attached to an aromatic ring is 1. The molecule has 5 heteroatoms. The molecule has 3 rings (SSSR count). The van der Waals surface area contributed by atoms with E-state index < -0.39 is 0 Å². The van der Waals surface area contributed by atoms with E-state index in [1.54, 1.807) is 0 Å². The van der Waals surface area contributed by atoms with Gasteiger partial charge in [0.05, 0.1) is 10.2 Å². The molecule has 0 radical (unpaired) electrons. The van der Waals surface area contributed by atoms with Gasteiger partial charge in [0, 0.05) is 11.6 Å². The third kappa shape index (κ3) is 3.51. The smallest absolute Gasteiger partial charge is 0.227 e. The van der Waals surface area contributed by atoms with Gasteiger partial charge in [-0.05, 0) is 36.6 Å². The van der Waals surface area contributed by atoms with Crippen LogP contribution in [0.2, 0.25) is 0 Å². The minimum absolute atomic E-state index is 0.0186. The van der Waals surface area contributed by atoms with Gasteiger partial charge >= 0.3 is 0 Å². The standard InChI is InChI=1S/C18H19N3OS/c1-11-9-14(10-15-16(11)21-18(19)23-15)20-17(22)12(2)8-13-6-4-3-5-7-13/h3-7,9-10,12H,8H2,1-2H3,(H2,19,21)(H,20,22). The first-order valence-electron chi connectivity index (χ1n) is 7.54. The number of amides is 1. The summed E-state index contributed by atoms with van der Waals surface area (Å²) in [6.45, 7) is 3.92. The minimum atomic E-state index is -0.0973. The zero-order chi connectivity index (χ0) is 16.4. The molecule has 0 bridgehead atoms. The highest BCUT2D eigenvalue weighted by atomic mass is 32.1. The number of nitrogens with one attached hydrogen (secondary N) is 1. The number of aromatic nitrogens is 1. The molecule has 3 aromatic rings. The molecule has 3 N–H and O–H groups in total. The molecule has 0 aliphatic rings. The minimum Gasteiger partial charge on any atom is -0.375 e. The van der Waals surface area contributed by atoms with Crippen LogP contribution in [0.3, 0.4) is 0 Å². The zero-order valence-electron chi connectivity index (χ0n) is 13.2. The van der Waals surface area contributed by atoms with Crippen molar-refractivity contribution in [1.29, 1.82) is 0 Å². The third-order valence-corrected chi connectivity index (χ3v) is 4.63. The van der Waals surface area contributed by atoms with E-state index in [1.807, 2.05) is 56.3 Å². The maximum absolute atomic E-state index is 12.4. The maximum atomic E-state index is 12.4. The number of nitrogens with two attached hydrogens (primary N) is 1. The SMILES string of the molecule is Cc1cc(NC(=O)C(C)Cc2ccccc2)cc2sc(N)nc12. The number of aryl methyl sites for hydroxylation is 1. The van der Waals surface area contributed by atoms with Crippen molar-refractivity contribution in [2.24, 2.45) is 5.92 Å². The van der Waals surface area contributed by atoms with Crippen molar-refractivity contribution < 1.29 is 4.79 Å². The fourth-order valence-electron chi connectivity index (χ4n) is 2.61. The summed E-state index contributed by atoms with van der Waals surface area (Å²) in [6.07, 6.45) is 0.724. The van der Waals surface area contributed by atoms with E-state index in [2.05, 4.69) is 10.3 Å². The first kappa shape index (κ1) is 15.5. The first-order chi connectivity index (χ1) is 11.0. The van der Waals surface area contributed by atoms with Gasteiger partial charge in [-0.3, -0.25) is 4.79 Å². The Bertz CT molecular complexity index is 842. The largest absolute Gasteiger partial charge is 0.375 e. The van der Waals surface area contributed by atoms with Gasteiger partial charge in [0.2, 0.25) is 5.91 Å². The van der Waals surface area contributed by atoms with Crippen molar-refractivity contribution in [3.05, 3.63) is 53.6 Å². The highest BCUT2D eigenvalue weighted by Gasteiger charge is 2.15. The summed E-state index contributed by atoms with van der Waals surface area (Å²) in [4.78, 5) is 16.7. The lowest BCUT2D eigenvalue weighted by molar-refractivity contribution is -0.119. The van der Waals surface area contributed by atoms with E-state index in [-0.39, 0.29) is 11.8 Å². The Morgan fingerprint density at radius 1 is 1.30 bits per heavy atom. The predicted molar refractivity (Wildman–Crippen MR) is 96.7 cm³/mol. The van der Waals surface area contributed by atoms with Gasteiger partial charge in [0.1, 0.15) is 0 Å². The lowest BCUT2D eigenvalue weighted by Gasteiger charge is -2.13. The van der Waals surface area contributed by atoms with Crippen LogP contribution in [-0.2, 0) is 11.2 Å². The molecular weight excluding hydrogens is 306 g/mol. The van der Waals surface area contributed by atoms with E-state index in [9.17, 15) is 4.79 Å². The number of fused-ring (bicyclic) bond motifs is 1. The monoisotopic (exact) mass is 325 g/mol. The Morgan fingerprint density at radius 2 is 2.04 bits per heavy atom. The molecular formula is C18H19N3OS. The molecule has 0 saturated carbocycles. The van der Waals surface area contributed by atoms with E-state index in [4.69, 9.17) is 5.73 Å². The summed E-state index contributed by atoms with van der Waals surface area (Å²) in [5.74, 6) is -0.0787. The maximum Gasteiger partial charge on any atom is 0.227 e. The van der Waals surface area contributed by atoms with Crippen molar-refractivity contribution >= 4 is 38.3 Å². The van der Waals surface area contributed by atoms with Crippen LogP contribution in [0, 0.1) is 12.8 Å². The van der Waals surface area contributed by atoms with Gasteiger partial charge < -0.3 is 11.1 Å². The average molecular weight is 325 g/mol. The second-order valence-electron chi connectivity index (χ2n) is 5.77. The van der Waals surface area contributed by atoms with Crippen LogP contribution in [0.4, 0.5) is 10.8 Å². The Morgan fingerprint density at radius 3 is 2.78 bits per heavy atom. The Hall–Kier alpha value is -2.40. The number of rotatable bonds is 4. The summed E-state index contributed by atoms with van der Waals surface area (Å²) >= 11 is 1.43. The normalized spacial score (nSPS) is 12.3. The first-order valence-corrected chi connectivity index (χ1v) is 8.36. The van der Waals surface area contributed by atoms with Crippen LogP contribution in [0.5, 0.6) is 0 Å². The van der Waals surface area contributed by atoms with Crippen LogP contribution < -0.4 is 11.1 Å². The summed E-state index contributed by atoms with van der Waals surface area (Å²) < 4.78 is 0.994. The highest BCUT2D eigenvalue weighted by Crippen LogP contribution is 2.29. The molecule has 1 atom stereocenters. The average Bonchev–Trinajstić information content (AvgIpc) is 2.89. The fraction of sp³-hybridized carbons (Fsp3) is 0.222. The van der Waals surface area contributed by atoms with Crippen molar-refractivity contribution in [2.45, 2.75) is 20.3 Å². The summed E-state index contributed by atoms with van der Waals surface area (Å²) in [7, 11) is 0. The number of benzene rings is 2. The highest BCUT2D eigenvalue weighted by molar-refractivity contribution is 7.22. The van der Waals surface area contributed by atoms with Crippen LogP contribution in [0.1, 0.15) is 18.1 Å². The molecule has 0 aliphatic carbocycles. The van der Waals surface area contributed by atoms with E-state index in [0.717, 1.165) is 33.5 Å². The molecule has 1 heterocycles. The lowest BCUT2D eigenvalue weighted by Crippen LogP contribution is -2.22. The molecule has 0 fully saturated rings. The number of hydrogen-bond acceptors (Lipinski definition) is 4. The Labute approximate surface area is 139 Å². The number of nitrogens with zero attached hydrogens (tertiary/aromatic N) is 1. The van der Waals surface area contributed by atoms with Crippen molar-refractivity contribution in [2.75, 3.05) is 11.1 Å². The third-order valence-electron chi connectivity index (χ3n) is 3.80. The van der Waals surface area contributed by atoms with Crippen LogP contribution >= 0.6 is 11.3 Å². The topological polar surface area (TPSA) is 68.0 Å². The van der Waals surface area contributed by atoms with Gasteiger partial charge in [0.15, 0.2) is 5.13 Å². The molecule has 0 saturated heterocycles. The molecule has 0 aliphatic heterocycles. The molecule has 2 aromatic carbocycles. The van der Waals surface area contributed by atoms with Gasteiger partial charge in [-0.1, -0.05) is 48.6 Å². The van der Waals surface area contributed by atoms with Crippen LogP contribution in [0.15, 0.2) is 42.5 Å². The van der Waals surface area contributed by atoms with Gasteiger partial charge in [0.25, 0.3) is 0 Å².